The van der Waals surface area contributed by atoms with Crippen LogP contribution in [-0.2, 0) is 21.2 Å². The minimum absolute atomic E-state index is 0.00526. The van der Waals surface area contributed by atoms with E-state index in [9.17, 15) is 18.0 Å². The molecule has 0 aliphatic heterocycles. The van der Waals surface area contributed by atoms with Crippen LogP contribution in [0.1, 0.15) is 35.2 Å². The molecule has 0 saturated heterocycles. The van der Waals surface area contributed by atoms with Crippen molar-refractivity contribution < 1.29 is 23.1 Å². The number of rotatable bonds is 8. The molecule has 0 unspecified atom stereocenters. The first-order valence-corrected chi connectivity index (χ1v) is 10.1. The largest absolute Gasteiger partial charge is 0.481 e. The van der Waals surface area contributed by atoms with Crippen molar-refractivity contribution in [2.45, 2.75) is 36.6 Å². The zero-order valence-electron chi connectivity index (χ0n) is 14.5. The van der Waals surface area contributed by atoms with E-state index >= 15 is 0 Å². The maximum Gasteiger partial charge on any atom is 0.303 e. The van der Waals surface area contributed by atoms with E-state index in [0.717, 1.165) is 18.4 Å². The highest BCUT2D eigenvalue weighted by molar-refractivity contribution is 7.89. The quantitative estimate of drug-likeness (QED) is 0.643. The summed E-state index contributed by atoms with van der Waals surface area (Å²) in [5.74, 6) is -1.32. The van der Waals surface area contributed by atoms with Gasteiger partial charge >= 0.3 is 5.97 Å². The number of aliphatic carboxylic acids is 1. The Kier molecular flexibility index (Phi) is 5.57. The average Bonchev–Trinajstić information content (AvgIpc) is 3.44. The van der Waals surface area contributed by atoms with Gasteiger partial charge < -0.3 is 10.4 Å². The summed E-state index contributed by atoms with van der Waals surface area (Å²) >= 11 is 0. The first-order chi connectivity index (χ1) is 12.8. The molecule has 0 aromatic heterocycles. The third-order valence-corrected chi connectivity index (χ3v) is 5.64. The molecule has 3 rings (SSSR count). The normalized spacial score (nSPS) is 13.9. The number of carbonyl (C=O) groups is 2. The van der Waals surface area contributed by atoms with Crippen molar-refractivity contribution in [1.82, 2.24) is 4.72 Å². The standard InChI is InChI=1S/C19H20N2O5S/c22-18(23)10-7-13-3-1-5-16(11-13)20-19(24)14-4-2-6-17(12-14)27(25,26)21-15-8-9-15/h1-6,11-12,15,21H,7-10H2,(H,20,24)(H,22,23). The van der Waals surface area contributed by atoms with Crippen molar-refractivity contribution in [3.8, 4) is 0 Å². The first-order valence-electron chi connectivity index (χ1n) is 8.58. The maximum atomic E-state index is 12.5. The summed E-state index contributed by atoms with van der Waals surface area (Å²) in [6, 6.07) is 12.8. The van der Waals surface area contributed by atoms with Crippen LogP contribution >= 0.6 is 0 Å². The maximum absolute atomic E-state index is 12.5. The minimum atomic E-state index is -3.63. The van der Waals surface area contributed by atoms with E-state index in [2.05, 4.69) is 10.0 Å². The molecule has 1 aliphatic rings. The molecule has 2 aromatic rings. The number of benzene rings is 2. The Labute approximate surface area is 157 Å². The van der Waals surface area contributed by atoms with Gasteiger partial charge in [0.05, 0.1) is 4.90 Å². The van der Waals surface area contributed by atoms with Crippen LogP contribution in [0.3, 0.4) is 0 Å². The van der Waals surface area contributed by atoms with Crippen LogP contribution in [0.15, 0.2) is 53.4 Å². The van der Waals surface area contributed by atoms with E-state index in [-0.39, 0.29) is 22.9 Å². The Morgan fingerprint density at radius 1 is 1.07 bits per heavy atom. The van der Waals surface area contributed by atoms with Crippen LogP contribution in [0.2, 0.25) is 0 Å². The summed E-state index contributed by atoms with van der Waals surface area (Å²) in [7, 11) is -3.63. The van der Waals surface area contributed by atoms with Crippen molar-refractivity contribution in [1.29, 1.82) is 0 Å². The highest BCUT2D eigenvalue weighted by Crippen LogP contribution is 2.23. The number of amides is 1. The van der Waals surface area contributed by atoms with E-state index in [1.54, 1.807) is 30.3 Å². The molecule has 0 heterocycles. The van der Waals surface area contributed by atoms with E-state index in [0.29, 0.717) is 12.1 Å². The number of anilines is 1. The number of nitrogens with one attached hydrogen (secondary N) is 2. The second-order valence-corrected chi connectivity index (χ2v) is 8.19. The number of carboxylic acid groups (broad SMARTS) is 1. The molecular formula is C19H20N2O5S. The fraction of sp³-hybridized carbons (Fsp3) is 0.263. The Bertz CT molecular complexity index is 968. The molecule has 7 nitrogen and oxygen atoms in total. The van der Waals surface area contributed by atoms with Gasteiger partial charge in [0.15, 0.2) is 0 Å². The highest BCUT2D eigenvalue weighted by atomic mass is 32.2. The summed E-state index contributed by atoms with van der Waals surface area (Å²) in [5, 5.41) is 11.5. The number of hydrogen-bond donors (Lipinski definition) is 3. The lowest BCUT2D eigenvalue weighted by Gasteiger charge is -2.09. The van der Waals surface area contributed by atoms with E-state index in [1.165, 1.54) is 18.2 Å². The van der Waals surface area contributed by atoms with Gasteiger partial charge in [-0.25, -0.2) is 13.1 Å². The van der Waals surface area contributed by atoms with Gasteiger partial charge in [-0.2, -0.15) is 0 Å². The number of sulfonamides is 1. The van der Waals surface area contributed by atoms with Gasteiger partial charge in [-0.3, -0.25) is 9.59 Å². The molecule has 0 radical (unpaired) electrons. The van der Waals surface area contributed by atoms with Crippen LogP contribution < -0.4 is 10.0 Å². The number of carboxylic acids is 1. The van der Waals surface area contributed by atoms with Gasteiger partial charge in [-0.1, -0.05) is 18.2 Å². The number of carbonyl (C=O) groups excluding carboxylic acids is 1. The summed E-state index contributed by atoms with van der Waals surface area (Å²) in [6.45, 7) is 0. The van der Waals surface area contributed by atoms with Crippen molar-refractivity contribution in [3.63, 3.8) is 0 Å². The van der Waals surface area contributed by atoms with Crippen LogP contribution in [0.5, 0.6) is 0 Å². The molecule has 1 amide bonds. The Balaban J connectivity index is 1.72. The molecule has 8 heteroatoms. The zero-order chi connectivity index (χ0) is 19.4. The fourth-order valence-corrected chi connectivity index (χ4v) is 3.90. The molecule has 1 fully saturated rings. The van der Waals surface area contributed by atoms with Crippen LogP contribution in [-0.4, -0.2) is 31.4 Å². The van der Waals surface area contributed by atoms with Gasteiger partial charge in [0, 0.05) is 23.7 Å². The molecule has 1 aliphatic carbocycles. The van der Waals surface area contributed by atoms with Gasteiger partial charge in [0.25, 0.3) is 5.91 Å². The van der Waals surface area contributed by atoms with Crippen LogP contribution in [0.4, 0.5) is 5.69 Å². The van der Waals surface area contributed by atoms with Crippen molar-refractivity contribution in [3.05, 3.63) is 59.7 Å². The Morgan fingerprint density at radius 3 is 2.52 bits per heavy atom. The number of aryl methyl sites for hydroxylation is 1. The van der Waals surface area contributed by atoms with E-state index in [4.69, 9.17) is 5.11 Å². The Morgan fingerprint density at radius 2 is 1.81 bits per heavy atom. The molecule has 0 atom stereocenters. The average molecular weight is 388 g/mol. The van der Waals surface area contributed by atoms with E-state index in [1.807, 2.05) is 0 Å². The second kappa shape index (κ2) is 7.89. The summed E-state index contributed by atoms with van der Waals surface area (Å²) in [4.78, 5) is 23.2. The van der Waals surface area contributed by atoms with Gasteiger partial charge in [-0.05, 0) is 55.2 Å². The number of hydrogen-bond acceptors (Lipinski definition) is 4. The predicted molar refractivity (Wildman–Crippen MR) is 100 cm³/mol. The van der Waals surface area contributed by atoms with E-state index < -0.39 is 21.9 Å². The van der Waals surface area contributed by atoms with Gasteiger partial charge in [0.1, 0.15) is 0 Å². The molecule has 27 heavy (non-hydrogen) atoms. The second-order valence-electron chi connectivity index (χ2n) is 6.47. The molecule has 0 spiro atoms. The first kappa shape index (κ1) is 19.1. The molecular weight excluding hydrogens is 368 g/mol. The molecule has 1 saturated carbocycles. The SMILES string of the molecule is O=C(O)CCc1cccc(NC(=O)c2cccc(S(=O)(=O)NC3CC3)c2)c1. The Hall–Kier alpha value is -2.71. The molecule has 2 aromatic carbocycles. The molecule has 3 N–H and O–H groups in total. The lowest BCUT2D eigenvalue weighted by Crippen LogP contribution is -2.26. The molecule has 142 valence electrons. The summed E-state index contributed by atoms with van der Waals surface area (Å²) < 4.78 is 27.2. The summed E-state index contributed by atoms with van der Waals surface area (Å²) in [5.41, 5.74) is 1.54. The highest BCUT2D eigenvalue weighted by Gasteiger charge is 2.28. The minimum Gasteiger partial charge on any atom is -0.481 e. The third-order valence-electron chi connectivity index (χ3n) is 4.12. The monoisotopic (exact) mass is 388 g/mol. The zero-order valence-corrected chi connectivity index (χ0v) is 15.3. The van der Waals surface area contributed by atoms with Crippen LogP contribution in [0.25, 0.3) is 0 Å². The van der Waals surface area contributed by atoms with Gasteiger partial charge in [0.2, 0.25) is 10.0 Å². The summed E-state index contributed by atoms with van der Waals surface area (Å²) in [6.07, 6.45) is 2.03. The third kappa shape index (κ3) is 5.38. The smallest absolute Gasteiger partial charge is 0.303 e. The van der Waals surface area contributed by atoms with Crippen molar-refractivity contribution in [2.24, 2.45) is 0 Å². The van der Waals surface area contributed by atoms with Crippen LogP contribution in [0, 0.1) is 0 Å². The van der Waals surface area contributed by atoms with Crippen molar-refractivity contribution >= 4 is 27.6 Å². The molecule has 0 bridgehead atoms. The predicted octanol–water partition coefficient (Wildman–Crippen LogP) is 2.40. The van der Waals surface area contributed by atoms with Gasteiger partial charge in [-0.15, -0.1) is 0 Å². The topological polar surface area (TPSA) is 113 Å². The lowest BCUT2D eigenvalue weighted by molar-refractivity contribution is -0.136. The van der Waals surface area contributed by atoms with Crippen molar-refractivity contribution in [2.75, 3.05) is 5.32 Å². The fourth-order valence-electron chi connectivity index (χ4n) is 2.55. The lowest BCUT2D eigenvalue weighted by atomic mass is 10.1.